The molecule has 0 bridgehead atoms. The van der Waals surface area contributed by atoms with Gasteiger partial charge in [-0.05, 0) is 56.0 Å². The van der Waals surface area contributed by atoms with Crippen molar-refractivity contribution in [1.82, 2.24) is 5.32 Å². The zero-order valence-corrected chi connectivity index (χ0v) is 12.6. The lowest BCUT2D eigenvalue weighted by atomic mass is 10.1. The number of benzene rings is 1. The molecule has 0 saturated heterocycles. The lowest BCUT2D eigenvalue weighted by molar-refractivity contribution is 0.464. The molecule has 0 radical (unpaired) electrons. The largest absolute Gasteiger partial charge is 0.452 e. The second kappa shape index (κ2) is 5.85. The highest BCUT2D eigenvalue weighted by Crippen LogP contribution is 2.26. The van der Waals surface area contributed by atoms with Crippen molar-refractivity contribution in [3.05, 3.63) is 56.4 Å². The summed E-state index contributed by atoms with van der Waals surface area (Å²) in [5.74, 6) is 0.914. The molecule has 0 spiro atoms. The first kappa shape index (κ1) is 12.9. The molecule has 1 heterocycles. The third-order valence-corrected chi connectivity index (χ3v) is 4.28. The Balaban J connectivity index is 1.90. The Morgan fingerprint density at radius 2 is 1.94 bits per heavy atom. The summed E-state index contributed by atoms with van der Waals surface area (Å²) in [6.07, 6.45) is 0. The Morgan fingerprint density at radius 3 is 2.59 bits per heavy atom. The normalized spacial score (nSPS) is 10.8. The van der Waals surface area contributed by atoms with E-state index in [0.717, 1.165) is 28.0 Å². The maximum atomic E-state index is 5.49. The molecule has 0 aliphatic rings. The van der Waals surface area contributed by atoms with Gasteiger partial charge in [-0.3, -0.25) is 0 Å². The minimum Gasteiger partial charge on any atom is -0.452 e. The van der Waals surface area contributed by atoms with Gasteiger partial charge in [-0.1, -0.05) is 24.3 Å². The van der Waals surface area contributed by atoms with Crippen molar-refractivity contribution >= 4 is 31.9 Å². The van der Waals surface area contributed by atoms with Gasteiger partial charge < -0.3 is 9.73 Å². The number of aryl methyl sites for hydroxylation is 1. The Morgan fingerprint density at radius 1 is 1.18 bits per heavy atom. The van der Waals surface area contributed by atoms with Gasteiger partial charge >= 0.3 is 0 Å². The van der Waals surface area contributed by atoms with Crippen LogP contribution < -0.4 is 5.32 Å². The second-order valence-corrected chi connectivity index (χ2v) is 5.44. The summed E-state index contributed by atoms with van der Waals surface area (Å²) >= 11 is 6.72. The van der Waals surface area contributed by atoms with Gasteiger partial charge in [-0.15, -0.1) is 0 Å². The molecule has 2 nitrogen and oxygen atoms in total. The molecule has 0 saturated carbocycles. The monoisotopic (exact) mass is 357 g/mol. The Labute approximate surface area is 118 Å². The van der Waals surface area contributed by atoms with Crippen molar-refractivity contribution in [2.75, 3.05) is 0 Å². The number of rotatable bonds is 4. The van der Waals surface area contributed by atoms with E-state index in [1.165, 1.54) is 11.1 Å². The van der Waals surface area contributed by atoms with E-state index >= 15 is 0 Å². The van der Waals surface area contributed by atoms with E-state index in [9.17, 15) is 0 Å². The molecule has 0 fully saturated rings. The van der Waals surface area contributed by atoms with E-state index in [1.54, 1.807) is 0 Å². The van der Waals surface area contributed by atoms with Gasteiger partial charge in [0.1, 0.15) is 5.76 Å². The fourth-order valence-corrected chi connectivity index (χ4v) is 2.27. The van der Waals surface area contributed by atoms with Crippen molar-refractivity contribution < 1.29 is 4.42 Å². The second-order valence-electron chi connectivity index (χ2n) is 3.86. The van der Waals surface area contributed by atoms with Crippen molar-refractivity contribution in [2.45, 2.75) is 20.0 Å². The smallest absolute Gasteiger partial charge is 0.183 e. The Bertz CT molecular complexity index is 488. The van der Waals surface area contributed by atoms with Crippen molar-refractivity contribution in [3.8, 4) is 0 Å². The summed E-state index contributed by atoms with van der Waals surface area (Å²) < 4.78 is 7.18. The summed E-state index contributed by atoms with van der Waals surface area (Å²) in [5, 5.41) is 3.36. The SMILES string of the molecule is Cc1ccccc1CNCc1cc(Br)c(Br)o1. The molecule has 2 rings (SSSR count). The number of hydrogen-bond acceptors (Lipinski definition) is 2. The van der Waals surface area contributed by atoms with Gasteiger partial charge in [0.05, 0.1) is 11.0 Å². The fourth-order valence-electron chi connectivity index (χ4n) is 1.61. The lowest BCUT2D eigenvalue weighted by Gasteiger charge is -2.05. The predicted molar refractivity (Wildman–Crippen MR) is 75.8 cm³/mol. The molecule has 4 heteroatoms. The molecule has 1 N–H and O–H groups in total. The zero-order valence-electron chi connectivity index (χ0n) is 9.47. The molecule has 0 aliphatic carbocycles. The molecule has 0 unspecified atom stereocenters. The van der Waals surface area contributed by atoms with E-state index in [0.29, 0.717) is 0 Å². The summed E-state index contributed by atoms with van der Waals surface area (Å²) in [4.78, 5) is 0. The summed E-state index contributed by atoms with van der Waals surface area (Å²) in [6, 6.07) is 10.3. The van der Waals surface area contributed by atoms with Crippen molar-refractivity contribution in [3.63, 3.8) is 0 Å². The van der Waals surface area contributed by atoms with Crippen molar-refractivity contribution in [1.29, 1.82) is 0 Å². The van der Waals surface area contributed by atoms with Crippen LogP contribution in [-0.2, 0) is 13.1 Å². The van der Waals surface area contributed by atoms with Crippen LogP contribution in [-0.4, -0.2) is 0 Å². The molecular formula is C13H13Br2NO. The molecule has 0 atom stereocenters. The molecular weight excluding hydrogens is 346 g/mol. The van der Waals surface area contributed by atoms with Crippen LogP contribution in [0.2, 0.25) is 0 Å². The highest BCUT2D eigenvalue weighted by molar-refractivity contribution is 9.13. The minimum absolute atomic E-state index is 0.721. The zero-order chi connectivity index (χ0) is 12.3. The van der Waals surface area contributed by atoms with Crippen LogP contribution >= 0.6 is 31.9 Å². The molecule has 1 aromatic heterocycles. The number of hydrogen-bond donors (Lipinski definition) is 1. The maximum absolute atomic E-state index is 5.49. The fraction of sp³-hybridized carbons (Fsp3) is 0.231. The van der Waals surface area contributed by atoms with Gasteiger partial charge in [-0.25, -0.2) is 0 Å². The van der Waals surface area contributed by atoms with Crippen LogP contribution in [0, 0.1) is 6.92 Å². The van der Waals surface area contributed by atoms with Gasteiger partial charge in [0, 0.05) is 6.54 Å². The van der Waals surface area contributed by atoms with Crippen LogP contribution in [0.4, 0.5) is 0 Å². The molecule has 17 heavy (non-hydrogen) atoms. The predicted octanol–water partition coefficient (Wildman–Crippen LogP) is 4.40. The first-order valence-corrected chi connectivity index (χ1v) is 6.94. The maximum Gasteiger partial charge on any atom is 0.183 e. The third kappa shape index (κ3) is 3.44. The number of nitrogens with one attached hydrogen (secondary N) is 1. The van der Waals surface area contributed by atoms with Crippen LogP contribution in [0.1, 0.15) is 16.9 Å². The average molecular weight is 359 g/mol. The summed E-state index contributed by atoms with van der Waals surface area (Å²) in [7, 11) is 0. The van der Waals surface area contributed by atoms with Gasteiger partial charge in [0.25, 0.3) is 0 Å². The minimum atomic E-state index is 0.721. The quantitative estimate of drug-likeness (QED) is 0.876. The molecule has 0 aliphatic heterocycles. The Hall–Kier alpha value is -0.580. The number of furan rings is 1. The van der Waals surface area contributed by atoms with E-state index in [4.69, 9.17) is 4.42 Å². The van der Waals surface area contributed by atoms with Crippen LogP contribution in [0.3, 0.4) is 0 Å². The van der Waals surface area contributed by atoms with E-state index < -0.39 is 0 Å². The van der Waals surface area contributed by atoms with E-state index in [2.05, 4.69) is 68.4 Å². The lowest BCUT2D eigenvalue weighted by Crippen LogP contribution is -2.12. The highest BCUT2D eigenvalue weighted by atomic mass is 79.9. The Kier molecular flexibility index (Phi) is 4.42. The average Bonchev–Trinajstić information content (AvgIpc) is 2.61. The topological polar surface area (TPSA) is 25.2 Å². The van der Waals surface area contributed by atoms with E-state index in [1.807, 2.05) is 6.07 Å². The standard InChI is InChI=1S/C13H13Br2NO/c1-9-4-2-3-5-10(9)7-16-8-11-6-12(14)13(15)17-11/h2-6,16H,7-8H2,1H3. The third-order valence-electron chi connectivity index (χ3n) is 2.57. The first-order valence-electron chi connectivity index (χ1n) is 5.36. The molecule has 0 amide bonds. The molecule has 1 aromatic carbocycles. The molecule has 90 valence electrons. The van der Waals surface area contributed by atoms with Gasteiger partial charge in [0.2, 0.25) is 0 Å². The number of halogens is 2. The molecule has 2 aromatic rings. The van der Waals surface area contributed by atoms with Crippen LogP contribution in [0.25, 0.3) is 0 Å². The van der Waals surface area contributed by atoms with Crippen LogP contribution in [0.5, 0.6) is 0 Å². The highest BCUT2D eigenvalue weighted by Gasteiger charge is 2.05. The summed E-state index contributed by atoms with van der Waals surface area (Å²) in [5.41, 5.74) is 2.62. The first-order chi connectivity index (χ1) is 8.16. The van der Waals surface area contributed by atoms with Crippen LogP contribution in [0.15, 0.2) is 43.9 Å². The van der Waals surface area contributed by atoms with Gasteiger partial charge in [-0.2, -0.15) is 0 Å². The summed E-state index contributed by atoms with van der Waals surface area (Å²) in [6.45, 7) is 3.69. The van der Waals surface area contributed by atoms with Gasteiger partial charge in [0.15, 0.2) is 4.67 Å². The van der Waals surface area contributed by atoms with Crippen molar-refractivity contribution in [2.24, 2.45) is 0 Å². The van der Waals surface area contributed by atoms with E-state index in [-0.39, 0.29) is 0 Å².